The molecule has 5 aromatic rings. The van der Waals surface area contributed by atoms with Crippen molar-refractivity contribution >= 4 is 26.7 Å². The molecule has 0 amide bonds. The van der Waals surface area contributed by atoms with Gasteiger partial charge in [-0.3, -0.25) is 9.55 Å². The van der Waals surface area contributed by atoms with E-state index >= 15 is 0 Å². The van der Waals surface area contributed by atoms with Gasteiger partial charge >= 0.3 is 11.9 Å². The summed E-state index contributed by atoms with van der Waals surface area (Å²) in [6.07, 6.45) is 2.97. The molecule has 1 fully saturated rings. The fourth-order valence-corrected chi connectivity index (χ4v) is 6.09. The zero-order chi connectivity index (χ0) is 29.8. The van der Waals surface area contributed by atoms with Gasteiger partial charge < -0.3 is 14.5 Å². The summed E-state index contributed by atoms with van der Waals surface area (Å²) in [7, 11) is -1.92. The Morgan fingerprint density at radius 3 is 2.43 bits per heavy atom. The van der Waals surface area contributed by atoms with Gasteiger partial charge in [0, 0.05) is 74.7 Å². The largest absolute Gasteiger partial charge is 0.418 e. The summed E-state index contributed by atoms with van der Waals surface area (Å²) in [6, 6.07) is 11.2. The van der Waals surface area contributed by atoms with Gasteiger partial charge in [-0.1, -0.05) is 0 Å². The van der Waals surface area contributed by atoms with E-state index in [1.807, 2.05) is 12.1 Å². The molecule has 14 heteroatoms. The smallest absolute Gasteiger partial charge is 0.368 e. The molecule has 0 bridgehead atoms. The van der Waals surface area contributed by atoms with E-state index < -0.39 is 27.5 Å². The SMILES string of the molecule is Cn1cc(-c2cc(-c3cnc4[nH]ccc4c3)ccn2)n(-c2ccc(N3CCN(S(C)(=O)=O)CC3)c(C(F)(F)F)c2)c1=O. The molecule has 1 aromatic carbocycles. The van der Waals surface area contributed by atoms with Gasteiger partial charge in [-0.15, -0.1) is 0 Å². The zero-order valence-corrected chi connectivity index (χ0v) is 23.4. The Balaban J connectivity index is 1.41. The topological polar surface area (TPSA) is 109 Å². The van der Waals surface area contributed by atoms with Crippen LogP contribution in [0, 0.1) is 0 Å². The summed E-state index contributed by atoms with van der Waals surface area (Å²) in [5.74, 6) is 0. The number of nitrogens with zero attached hydrogens (tertiary/aromatic N) is 6. The van der Waals surface area contributed by atoms with Gasteiger partial charge in [0.15, 0.2) is 0 Å². The van der Waals surface area contributed by atoms with E-state index in [9.17, 15) is 26.4 Å². The van der Waals surface area contributed by atoms with Crippen LogP contribution in [-0.2, 0) is 23.2 Å². The number of hydrogen-bond donors (Lipinski definition) is 1. The number of benzene rings is 1. The summed E-state index contributed by atoms with van der Waals surface area (Å²) < 4.78 is 70.6. The molecule has 10 nitrogen and oxygen atoms in total. The van der Waals surface area contributed by atoms with E-state index in [0.29, 0.717) is 11.4 Å². The third-order valence-electron chi connectivity index (χ3n) is 7.40. The highest BCUT2D eigenvalue weighted by molar-refractivity contribution is 7.88. The highest BCUT2D eigenvalue weighted by Crippen LogP contribution is 2.39. The molecule has 6 rings (SSSR count). The number of alkyl halides is 3. The number of aryl methyl sites for hydroxylation is 1. The van der Waals surface area contributed by atoms with Crippen molar-refractivity contribution in [2.75, 3.05) is 37.3 Å². The average Bonchev–Trinajstić information content (AvgIpc) is 3.55. The summed E-state index contributed by atoms with van der Waals surface area (Å²) in [5, 5.41) is 0.917. The standard InChI is InChI=1S/C28H26F3N7O3S/c1-35-17-25(23-14-18(5-7-32-23)20-13-19-6-8-33-26(19)34-16-20)38(27(35)39)21-3-4-24(22(15-21)28(29,30)31)36-9-11-37(12-10-36)42(2,40)41/h3-8,13-17H,9-12H2,1-2H3,(H,33,34). The van der Waals surface area contributed by atoms with Crippen LogP contribution in [0.2, 0.25) is 0 Å². The number of nitrogens with one attached hydrogen (secondary N) is 1. The molecular weight excluding hydrogens is 571 g/mol. The lowest BCUT2D eigenvalue weighted by Crippen LogP contribution is -2.48. The first-order chi connectivity index (χ1) is 19.9. The molecule has 4 aromatic heterocycles. The van der Waals surface area contributed by atoms with Crippen molar-refractivity contribution < 1.29 is 21.6 Å². The number of halogens is 3. The van der Waals surface area contributed by atoms with Gasteiger partial charge in [0.25, 0.3) is 0 Å². The number of H-pyrrole nitrogens is 1. The van der Waals surface area contributed by atoms with Crippen LogP contribution in [0.4, 0.5) is 18.9 Å². The van der Waals surface area contributed by atoms with Gasteiger partial charge in [-0.05, 0) is 48.0 Å². The average molecular weight is 598 g/mol. The number of imidazole rings is 1. The molecule has 5 heterocycles. The van der Waals surface area contributed by atoms with Crippen molar-refractivity contribution in [2.24, 2.45) is 7.05 Å². The lowest BCUT2D eigenvalue weighted by atomic mass is 10.1. The first-order valence-corrected chi connectivity index (χ1v) is 14.8. The van der Waals surface area contributed by atoms with Gasteiger partial charge in [0.05, 0.1) is 28.9 Å². The molecule has 0 unspecified atom stereocenters. The Kier molecular flexibility index (Phi) is 6.69. The molecule has 1 aliphatic rings. The maximum atomic E-state index is 14.4. The highest BCUT2D eigenvalue weighted by atomic mass is 32.2. The number of sulfonamides is 1. The first-order valence-electron chi connectivity index (χ1n) is 13.0. The number of aromatic amines is 1. The number of aromatic nitrogens is 5. The van der Waals surface area contributed by atoms with Crippen molar-refractivity contribution in [1.29, 1.82) is 0 Å². The van der Waals surface area contributed by atoms with Gasteiger partial charge in [-0.2, -0.15) is 17.5 Å². The molecule has 1 N–H and O–H groups in total. The number of fused-ring (bicyclic) bond motifs is 1. The van der Waals surface area contributed by atoms with E-state index in [1.54, 1.807) is 30.7 Å². The third-order valence-corrected chi connectivity index (χ3v) is 8.70. The Bertz CT molecular complexity index is 1970. The second-order valence-electron chi connectivity index (χ2n) is 10.2. The number of anilines is 1. The molecule has 0 radical (unpaired) electrons. The maximum absolute atomic E-state index is 14.4. The summed E-state index contributed by atoms with van der Waals surface area (Å²) in [4.78, 5) is 26.7. The Morgan fingerprint density at radius 2 is 1.71 bits per heavy atom. The van der Waals surface area contributed by atoms with Crippen LogP contribution in [0.5, 0.6) is 0 Å². The van der Waals surface area contributed by atoms with Crippen LogP contribution in [0.15, 0.2) is 72.0 Å². The fraction of sp³-hybridized carbons (Fsp3) is 0.250. The quantitative estimate of drug-likeness (QED) is 0.330. The lowest BCUT2D eigenvalue weighted by Gasteiger charge is -2.36. The number of hydrogen-bond acceptors (Lipinski definition) is 6. The molecule has 1 saturated heterocycles. The number of piperazine rings is 1. The minimum atomic E-state index is -4.72. The molecular formula is C28H26F3N7O3S. The summed E-state index contributed by atoms with van der Waals surface area (Å²) in [5.41, 5.74) is 1.56. The van der Waals surface area contributed by atoms with Gasteiger partial charge in [0.2, 0.25) is 10.0 Å². The minimum absolute atomic E-state index is 0.0315. The summed E-state index contributed by atoms with van der Waals surface area (Å²) >= 11 is 0. The van der Waals surface area contributed by atoms with Crippen LogP contribution < -0.4 is 10.6 Å². The Morgan fingerprint density at radius 1 is 0.952 bits per heavy atom. The van der Waals surface area contributed by atoms with Crippen molar-refractivity contribution in [1.82, 2.24) is 28.4 Å². The van der Waals surface area contributed by atoms with E-state index in [0.717, 1.165) is 34.5 Å². The van der Waals surface area contributed by atoms with Crippen LogP contribution in [0.3, 0.4) is 0 Å². The third kappa shape index (κ3) is 5.07. The van der Waals surface area contributed by atoms with Crippen molar-refractivity contribution in [3.63, 3.8) is 0 Å². The van der Waals surface area contributed by atoms with E-state index in [-0.39, 0.29) is 37.6 Å². The first kappa shape index (κ1) is 27.7. The monoisotopic (exact) mass is 597 g/mol. The normalized spacial score (nSPS) is 15.0. The van der Waals surface area contributed by atoms with Gasteiger partial charge in [-0.25, -0.2) is 18.2 Å². The second kappa shape index (κ2) is 10.1. The number of rotatable bonds is 5. The predicted molar refractivity (Wildman–Crippen MR) is 153 cm³/mol. The Labute approximate surface area is 238 Å². The van der Waals surface area contributed by atoms with Crippen LogP contribution >= 0.6 is 0 Å². The molecule has 0 atom stereocenters. The van der Waals surface area contributed by atoms with Crippen LogP contribution in [0.1, 0.15) is 5.56 Å². The van der Waals surface area contributed by atoms with E-state index in [2.05, 4.69) is 15.0 Å². The lowest BCUT2D eigenvalue weighted by molar-refractivity contribution is -0.137. The Hall–Kier alpha value is -4.43. The molecule has 1 aliphatic heterocycles. The minimum Gasteiger partial charge on any atom is -0.368 e. The molecule has 42 heavy (non-hydrogen) atoms. The molecule has 0 spiro atoms. The summed E-state index contributed by atoms with van der Waals surface area (Å²) in [6.45, 7) is 0.363. The van der Waals surface area contributed by atoms with Crippen molar-refractivity contribution in [2.45, 2.75) is 6.18 Å². The van der Waals surface area contributed by atoms with Crippen LogP contribution in [0.25, 0.3) is 39.2 Å². The van der Waals surface area contributed by atoms with Gasteiger partial charge in [0.1, 0.15) is 5.65 Å². The maximum Gasteiger partial charge on any atom is 0.418 e. The fourth-order valence-electron chi connectivity index (χ4n) is 5.26. The predicted octanol–water partition coefficient (Wildman–Crippen LogP) is 3.88. The second-order valence-corrected chi connectivity index (χ2v) is 12.1. The van der Waals surface area contributed by atoms with E-state index in [4.69, 9.17) is 0 Å². The van der Waals surface area contributed by atoms with Crippen molar-refractivity contribution in [3.8, 4) is 28.2 Å². The zero-order valence-electron chi connectivity index (χ0n) is 22.6. The van der Waals surface area contributed by atoms with Crippen molar-refractivity contribution in [3.05, 3.63) is 83.3 Å². The molecule has 0 saturated carbocycles. The molecule has 218 valence electrons. The van der Waals surface area contributed by atoms with E-state index in [1.165, 1.54) is 43.7 Å². The molecule has 0 aliphatic carbocycles. The highest BCUT2D eigenvalue weighted by Gasteiger charge is 2.37. The number of pyridine rings is 2. The van der Waals surface area contributed by atoms with Crippen LogP contribution in [-0.4, -0.2) is 69.2 Å².